The Bertz CT molecular complexity index is 842. The van der Waals surface area contributed by atoms with E-state index in [9.17, 15) is 4.79 Å². The first-order valence-electron chi connectivity index (χ1n) is 7.52. The summed E-state index contributed by atoms with van der Waals surface area (Å²) in [5.41, 5.74) is 2.30. The molecule has 120 valence electrons. The van der Waals surface area contributed by atoms with E-state index in [-0.39, 0.29) is 5.91 Å². The van der Waals surface area contributed by atoms with Crippen LogP contribution in [0.4, 0.5) is 5.69 Å². The molecule has 0 aliphatic rings. The zero-order chi connectivity index (χ0) is 16.9. The van der Waals surface area contributed by atoms with Gasteiger partial charge in [0, 0.05) is 10.6 Å². The van der Waals surface area contributed by atoms with E-state index in [0.29, 0.717) is 27.8 Å². The number of ether oxygens (including phenoxy) is 1. The second kappa shape index (κ2) is 7.20. The highest BCUT2D eigenvalue weighted by Gasteiger charge is 2.10. The average molecular weight is 338 g/mol. The van der Waals surface area contributed by atoms with Crippen LogP contribution < -0.4 is 10.1 Å². The summed E-state index contributed by atoms with van der Waals surface area (Å²) in [6.07, 6.45) is 0. The number of carbonyl (C=O) groups excluding carboxylic acids is 1. The minimum Gasteiger partial charge on any atom is -0.455 e. The van der Waals surface area contributed by atoms with Crippen LogP contribution in [0.5, 0.6) is 11.5 Å². The Balaban J connectivity index is 1.79. The van der Waals surface area contributed by atoms with Gasteiger partial charge in [-0.1, -0.05) is 41.4 Å². The van der Waals surface area contributed by atoms with Crippen molar-refractivity contribution < 1.29 is 9.53 Å². The highest BCUT2D eigenvalue weighted by Crippen LogP contribution is 2.29. The Morgan fingerprint density at radius 3 is 2.29 bits per heavy atom. The van der Waals surface area contributed by atoms with Crippen LogP contribution in [0, 0.1) is 6.92 Å². The van der Waals surface area contributed by atoms with Crippen LogP contribution in [-0.4, -0.2) is 5.91 Å². The zero-order valence-corrected chi connectivity index (χ0v) is 13.9. The summed E-state index contributed by atoms with van der Waals surface area (Å²) in [6, 6.07) is 21.8. The van der Waals surface area contributed by atoms with Gasteiger partial charge in [-0.25, -0.2) is 0 Å². The summed E-state index contributed by atoms with van der Waals surface area (Å²) in [5.74, 6) is 1.09. The Hall–Kier alpha value is -2.78. The highest BCUT2D eigenvalue weighted by atomic mass is 35.5. The topological polar surface area (TPSA) is 38.3 Å². The minimum atomic E-state index is -0.216. The first kappa shape index (κ1) is 16.1. The molecule has 24 heavy (non-hydrogen) atoms. The molecule has 0 bridgehead atoms. The van der Waals surface area contributed by atoms with E-state index in [2.05, 4.69) is 5.32 Å². The number of anilines is 1. The van der Waals surface area contributed by atoms with Gasteiger partial charge in [-0.2, -0.15) is 0 Å². The van der Waals surface area contributed by atoms with E-state index < -0.39 is 0 Å². The van der Waals surface area contributed by atoms with Gasteiger partial charge in [0.1, 0.15) is 5.75 Å². The predicted octanol–water partition coefficient (Wildman–Crippen LogP) is 5.69. The van der Waals surface area contributed by atoms with Crippen molar-refractivity contribution in [2.75, 3.05) is 5.32 Å². The van der Waals surface area contributed by atoms with E-state index in [1.807, 2.05) is 49.4 Å². The number of nitrogens with one attached hydrogen (secondary N) is 1. The summed E-state index contributed by atoms with van der Waals surface area (Å²) in [4.78, 5) is 12.4. The molecule has 0 heterocycles. The van der Waals surface area contributed by atoms with Gasteiger partial charge in [0.2, 0.25) is 0 Å². The number of para-hydroxylation sites is 2. The molecular weight excluding hydrogens is 322 g/mol. The van der Waals surface area contributed by atoms with Gasteiger partial charge in [0.15, 0.2) is 5.75 Å². The molecule has 3 nitrogen and oxygen atoms in total. The van der Waals surface area contributed by atoms with Crippen LogP contribution in [-0.2, 0) is 0 Å². The fourth-order valence-corrected chi connectivity index (χ4v) is 2.31. The van der Waals surface area contributed by atoms with Crippen molar-refractivity contribution in [3.05, 3.63) is 88.9 Å². The Kier molecular flexibility index (Phi) is 4.82. The van der Waals surface area contributed by atoms with Gasteiger partial charge >= 0.3 is 0 Å². The number of aryl methyl sites for hydroxylation is 1. The number of halogens is 1. The minimum absolute atomic E-state index is 0.216. The molecule has 0 unspecified atom stereocenters. The largest absolute Gasteiger partial charge is 0.455 e. The van der Waals surface area contributed by atoms with Crippen LogP contribution in [0.2, 0.25) is 5.02 Å². The lowest BCUT2D eigenvalue weighted by Crippen LogP contribution is -2.12. The van der Waals surface area contributed by atoms with Crippen LogP contribution in [0.25, 0.3) is 0 Å². The van der Waals surface area contributed by atoms with E-state index in [0.717, 1.165) is 5.56 Å². The summed E-state index contributed by atoms with van der Waals surface area (Å²) in [7, 11) is 0. The summed E-state index contributed by atoms with van der Waals surface area (Å²) < 4.78 is 5.88. The molecule has 0 aromatic heterocycles. The number of amides is 1. The molecule has 1 N–H and O–H groups in total. The smallest absolute Gasteiger partial charge is 0.255 e. The van der Waals surface area contributed by atoms with E-state index >= 15 is 0 Å². The van der Waals surface area contributed by atoms with E-state index in [4.69, 9.17) is 16.3 Å². The van der Waals surface area contributed by atoms with Crippen LogP contribution in [0.15, 0.2) is 72.8 Å². The first-order chi connectivity index (χ1) is 11.6. The van der Waals surface area contributed by atoms with Gasteiger partial charge in [-0.15, -0.1) is 0 Å². The Labute approximate surface area is 145 Å². The standard InChI is InChI=1S/C20H16ClNO2/c1-14-6-12-17(13-7-14)24-19-5-3-2-4-18(19)22-20(23)15-8-10-16(21)11-9-15/h2-13H,1H3,(H,22,23). The third-order valence-electron chi connectivity index (χ3n) is 3.49. The van der Waals surface area contributed by atoms with Crippen molar-refractivity contribution in [3.63, 3.8) is 0 Å². The molecule has 0 aliphatic heterocycles. The normalized spacial score (nSPS) is 10.2. The predicted molar refractivity (Wildman–Crippen MR) is 97.1 cm³/mol. The van der Waals surface area contributed by atoms with Gasteiger partial charge in [0.25, 0.3) is 5.91 Å². The van der Waals surface area contributed by atoms with Gasteiger partial charge in [-0.05, 0) is 55.5 Å². The lowest BCUT2D eigenvalue weighted by molar-refractivity contribution is 0.102. The molecule has 0 atom stereocenters. The van der Waals surface area contributed by atoms with Crippen LogP contribution in [0.3, 0.4) is 0 Å². The molecule has 3 aromatic rings. The molecule has 0 saturated carbocycles. The number of hydrogen-bond acceptors (Lipinski definition) is 2. The third kappa shape index (κ3) is 3.94. The van der Waals surface area contributed by atoms with Crippen molar-refractivity contribution in [2.45, 2.75) is 6.92 Å². The second-order valence-corrected chi connectivity index (χ2v) is 5.81. The van der Waals surface area contributed by atoms with Crippen LogP contribution >= 0.6 is 11.6 Å². The highest BCUT2D eigenvalue weighted by molar-refractivity contribution is 6.30. The third-order valence-corrected chi connectivity index (χ3v) is 3.74. The number of carbonyl (C=O) groups is 1. The Morgan fingerprint density at radius 2 is 1.58 bits per heavy atom. The Morgan fingerprint density at radius 1 is 0.917 bits per heavy atom. The van der Waals surface area contributed by atoms with Gasteiger partial charge < -0.3 is 10.1 Å². The van der Waals surface area contributed by atoms with Crippen molar-refractivity contribution in [2.24, 2.45) is 0 Å². The first-order valence-corrected chi connectivity index (χ1v) is 7.90. The summed E-state index contributed by atoms with van der Waals surface area (Å²) >= 11 is 5.85. The van der Waals surface area contributed by atoms with Gasteiger partial charge in [-0.3, -0.25) is 4.79 Å². The molecule has 0 spiro atoms. The molecule has 1 amide bonds. The summed E-state index contributed by atoms with van der Waals surface area (Å²) in [5, 5.41) is 3.46. The number of rotatable bonds is 4. The average Bonchev–Trinajstić information content (AvgIpc) is 2.59. The van der Waals surface area contributed by atoms with E-state index in [1.54, 1.807) is 30.3 Å². The molecule has 4 heteroatoms. The number of hydrogen-bond donors (Lipinski definition) is 1. The van der Waals surface area contributed by atoms with Crippen molar-refractivity contribution in [1.82, 2.24) is 0 Å². The lowest BCUT2D eigenvalue weighted by Gasteiger charge is -2.12. The molecule has 0 aliphatic carbocycles. The zero-order valence-electron chi connectivity index (χ0n) is 13.1. The SMILES string of the molecule is Cc1ccc(Oc2ccccc2NC(=O)c2ccc(Cl)cc2)cc1. The molecule has 3 aromatic carbocycles. The lowest BCUT2D eigenvalue weighted by atomic mass is 10.2. The summed E-state index contributed by atoms with van der Waals surface area (Å²) in [6.45, 7) is 2.02. The van der Waals surface area contributed by atoms with Crippen molar-refractivity contribution >= 4 is 23.2 Å². The maximum atomic E-state index is 12.4. The van der Waals surface area contributed by atoms with Crippen molar-refractivity contribution in [1.29, 1.82) is 0 Å². The van der Waals surface area contributed by atoms with E-state index in [1.165, 1.54) is 0 Å². The molecule has 3 rings (SSSR count). The molecule has 0 radical (unpaired) electrons. The maximum absolute atomic E-state index is 12.4. The molecule has 0 saturated heterocycles. The molecule has 0 fully saturated rings. The number of benzene rings is 3. The molecular formula is C20H16ClNO2. The second-order valence-electron chi connectivity index (χ2n) is 5.37. The van der Waals surface area contributed by atoms with Gasteiger partial charge in [0.05, 0.1) is 5.69 Å². The fourth-order valence-electron chi connectivity index (χ4n) is 2.19. The fraction of sp³-hybridized carbons (Fsp3) is 0.0500. The monoisotopic (exact) mass is 337 g/mol. The maximum Gasteiger partial charge on any atom is 0.255 e. The van der Waals surface area contributed by atoms with Crippen LogP contribution in [0.1, 0.15) is 15.9 Å². The quantitative estimate of drug-likeness (QED) is 0.663. The van der Waals surface area contributed by atoms with Crippen molar-refractivity contribution in [3.8, 4) is 11.5 Å².